The molecular formula is C9H14BrN3. The van der Waals surface area contributed by atoms with E-state index in [1.165, 1.54) is 0 Å². The van der Waals surface area contributed by atoms with Crippen molar-refractivity contribution >= 4 is 21.9 Å². The quantitative estimate of drug-likeness (QED) is 0.814. The zero-order valence-electron chi connectivity index (χ0n) is 8.00. The third-order valence-corrected chi connectivity index (χ3v) is 2.17. The monoisotopic (exact) mass is 243 g/mol. The van der Waals surface area contributed by atoms with Gasteiger partial charge in [0.15, 0.2) is 0 Å². The van der Waals surface area contributed by atoms with Gasteiger partial charge in [0, 0.05) is 25.5 Å². The highest BCUT2D eigenvalue weighted by Gasteiger charge is 2.04. The highest BCUT2D eigenvalue weighted by atomic mass is 79.9. The predicted octanol–water partition coefficient (Wildman–Crippen LogP) is 2.48. The van der Waals surface area contributed by atoms with E-state index in [1.54, 1.807) is 12.4 Å². The van der Waals surface area contributed by atoms with Crippen molar-refractivity contribution < 1.29 is 0 Å². The molecule has 72 valence electrons. The van der Waals surface area contributed by atoms with Gasteiger partial charge in [-0.2, -0.15) is 0 Å². The fourth-order valence-electron chi connectivity index (χ4n) is 1.14. The van der Waals surface area contributed by atoms with Crippen LogP contribution in [0.25, 0.3) is 0 Å². The molecule has 1 aromatic rings. The Balaban J connectivity index is 2.73. The van der Waals surface area contributed by atoms with Crippen molar-refractivity contribution in [2.45, 2.75) is 20.3 Å². The lowest BCUT2D eigenvalue weighted by Crippen LogP contribution is -2.25. The average Bonchev–Trinajstić information content (AvgIpc) is 2.16. The van der Waals surface area contributed by atoms with Crippen molar-refractivity contribution in [1.29, 1.82) is 0 Å². The molecule has 0 N–H and O–H groups in total. The molecular weight excluding hydrogens is 230 g/mol. The third kappa shape index (κ3) is 2.95. The maximum atomic E-state index is 4.24. The van der Waals surface area contributed by atoms with E-state index in [-0.39, 0.29) is 0 Å². The molecule has 0 atom stereocenters. The first-order valence-electron chi connectivity index (χ1n) is 4.50. The van der Waals surface area contributed by atoms with Crippen LogP contribution in [0.5, 0.6) is 0 Å². The molecule has 0 saturated carbocycles. The highest BCUT2D eigenvalue weighted by Crippen LogP contribution is 2.10. The van der Waals surface area contributed by atoms with Crippen LogP contribution in [0, 0.1) is 0 Å². The number of rotatable bonds is 4. The smallest absolute Gasteiger partial charge is 0.225 e. The van der Waals surface area contributed by atoms with E-state index in [0.29, 0.717) is 0 Å². The molecule has 0 fully saturated rings. The van der Waals surface area contributed by atoms with E-state index in [4.69, 9.17) is 0 Å². The number of halogens is 1. The second-order valence-corrected chi connectivity index (χ2v) is 3.70. The van der Waals surface area contributed by atoms with Crippen molar-refractivity contribution in [2.75, 3.05) is 18.0 Å². The van der Waals surface area contributed by atoms with Crippen LogP contribution in [-0.2, 0) is 0 Å². The molecule has 1 rings (SSSR count). The number of hydrogen-bond donors (Lipinski definition) is 0. The molecule has 0 aliphatic rings. The van der Waals surface area contributed by atoms with Gasteiger partial charge in [0.1, 0.15) is 0 Å². The van der Waals surface area contributed by atoms with Crippen LogP contribution in [0.15, 0.2) is 16.9 Å². The first-order chi connectivity index (χ1) is 6.27. The second kappa shape index (κ2) is 5.17. The van der Waals surface area contributed by atoms with E-state index >= 15 is 0 Å². The van der Waals surface area contributed by atoms with Crippen LogP contribution in [0.2, 0.25) is 0 Å². The van der Waals surface area contributed by atoms with Gasteiger partial charge in [-0.15, -0.1) is 0 Å². The molecule has 0 spiro atoms. The summed E-state index contributed by atoms with van der Waals surface area (Å²) in [5.74, 6) is 0.813. The second-order valence-electron chi connectivity index (χ2n) is 2.78. The molecule has 0 saturated heterocycles. The molecule has 1 heterocycles. The van der Waals surface area contributed by atoms with Crippen LogP contribution in [0.4, 0.5) is 5.95 Å². The van der Waals surface area contributed by atoms with Crippen LogP contribution >= 0.6 is 15.9 Å². The van der Waals surface area contributed by atoms with Crippen LogP contribution in [0.3, 0.4) is 0 Å². The molecule has 1 aromatic heterocycles. The van der Waals surface area contributed by atoms with Gasteiger partial charge in [0.05, 0.1) is 4.47 Å². The number of nitrogens with zero attached hydrogens (tertiary/aromatic N) is 3. The molecule has 0 aliphatic heterocycles. The minimum absolute atomic E-state index is 0.813. The van der Waals surface area contributed by atoms with E-state index in [9.17, 15) is 0 Å². The third-order valence-electron chi connectivity index (χ3n) is 1.76. The van der Waals surface area contributed by atoms with Crippen molar-refractivity contribution in [3.8, 4) is 0 Å². The summed E-state index contributed by atoms with van der Waals surface area (Å²) >= 11 is 3.31. The topological polar surface area (TPSA) is 29.0 Å². The zero-order chi connectivity index (χ0) is 9.68. The van der Waals surface area contributed by atoms with Crippen molar-refractivity contribution in [3.05, 3.63) is 16.9 Å². The van der Waals surface area contributed by atoms with Crippen LogP contribution in [0.1, 0.15) is 20.3 Å². The number of anilines is 1. The Morgan fingerprint density at radius 1 is 1.31 bits per heavy atom. The normalized spacial score (nSPS) is 10.1. The van der Waals surface area contributed by atoms with Gasteiger partial charge in [-0.3, -0.25) is 0 Å². The van der Waals surface area contributed by atoms with Gasteiger partial charge in [-0.05, 0) is 29.3 Å². The largest absolute Gasteiger partial charge is 0.341 e. The fraction of sp³-hybridized carbons (Fsp3) is 0.556. The molecule has 0 unspecified atom stereocenters. The van der Waals surface area contributed by atoms with Gasteiger partial charge in [0.2, 0.25) is 5.95 Å². The Morgan fingerprint density at radius 2 is 1.92 bits per heavy atom. The summed E-state index contributed by atoms with van der Waals surface area (Å²) in [7, 11) is 0. The summed E-state index contributed by atoms with van der Waals surface area (Å²) in [5, 5.41) is 0. The highest BCUT2D eigenvalue weighted by molar-refractivity contribution is 9.10. The van der Waals surface area contributed by atoms with Gasteiger partial charge in [-0.25, -0.2) is 9.97 Å². The summed E-state index contributed by atoms with van der Waals surface area (Å²) in [6.07, 6.45) is 4.68. The lowest BCUT2D eigenvalue weighted by Gasteiger charge is -2.19. The maximum Gasteiger partial charge on any atom is 0.225 e. The molecule has 3 nitrogen and oxygen atoms in total. The summed E-state index contributed by atoms with van der Waals surface area (Å²) in [4.78, 5) is 10.6. The Hall–Kier alpha value is -0.640. The summed E-state index contributed by atoms with van der Waals surface area (Å²) in [5.41, 5.74) is 0. The molecule has 0 aliphatic carbocycles. The molecule has 0 radical (unpaired) electrons. The standard InChI is InChI=1S/C9H14BrN3/c1-3-5-13(4-2)9-11-6-8(10)7-12-9/h6-7H,3-5H2,1-2H3. The van der Waals surface area contributed by atoms with Gasteiger partial charge in [0.25, 0.3) is 0 Å². The average molecular weight is 244 g/mol. The van der Waals surface area contributed by atoms with Crippen molar-refractivity contribution in [2.24, 2.45) is 0 Å². The van der Waals surface area contributed by atoms with E-state index in [1.807, 2.05) is 0 Å². The molecule has 0 aromatic carbocycles. The van der Waals surface area contributed by atoms with Crippen LogP contribution in [-0.4, -0.2) is 23.1 Å². The Bertz CT molecular complexity index is 248. The van der Waals surface area contributed by atoms with E-state index < -0.39 is 0 Å². The zero-order valence-corrected chi connectivity index (χ0v) is 9.58. The minimum Gasteiger partial charge on any atom is -0.341 e. The lowest BCUT2D eigenvalue weighted by molar-refractivity contribution is 0.761. The van der Waals surface area contributed by atoms with E-state index in [0.717, 1.165) is 29.9 Å². The SMILES string of the molecule is CCCN(CC)c1ncc(Br)cn1. The maximum absolute atomic E-state index is 4.24. The summed E-state index contributed by atoms with van der Waals surface area (Å²) in [6, 6.07) is 0. The van der Waals surface area contributed by atoms with Gasteiger partial charge in [-0.1, -0.05) is 6.92 Å². The Morgan fingerprint density at radius 3 is 2.38 bits per heavy atom. The Kier molecular flexibility index (Phi) is 4.15. The first-order valence-corrected chi connectivity index (χ1v) is 5.29. The lowest BCUT2D eigenvalue weighted by atomic mass is 10.4. The van der Waals surface area contributed by atoms with Gasteiger partial charge >= 0.3 is 0 Å². The number of aromatic nitrogens is 2. The van der Waals surface area contributed by atoms with E-state index in [2.05, 4.69) is 44.6 Å². The summed E-state index contributed by atoms with van der Waals surface area (Å²) < 4.78 is 0.920. The molecule has 0 bridgehead atoms. The van der Waals surface area contributed by atoms with Crippen molar-refractivity contribution in [1.82, 2.24) is 9.97 Å². The number of hydrogen-bond acceptors (Lipinski definition) is 3. The van der Waals surface area contributed by atoms with Gasteiger partial charge < -0.3 is 4.90 Å². The minimum atomic E-state index is 0.813. The summed E-state index contributed by atoms with van der Waals surface area (Å²) in [6.45, 7) is 6.23. The van der Waals surface area contributed by atoms with Crippen molar-refractivity contribution in [3.63, 3.8) is 0 Å². The van der Waals surface area contributed by atoms with Crippen LogP contribution < -0.4 is 4.90 Å². The molecule has 13 heavy (non-hydrogen) atoms. The Labute approximate surface area is 87.3 Å². The fourth-order valence-corrected chi connectivity index (χ4v) is 1.34. The first kappa shape index (κ1) is 10.4. The predicted molar refractivity (Wildman–Crippen MR) is 57.9 cm³/mol. The molecule has 4 heteroatoms. The molecule has 0 amide bonds.